The van der Waals surface area contributed by atoms with Gasteiger partial charge in [0.05, 0.1) is 13.2 Å². The van der Waals surface area contributed by atoms with Crippen molar-refractivity contribution in [1.82, 2.24) is 14.5 Å². The second-order valence-corrected chi connectivity index (χ2v) is 3.86. The highest BCUT2D eigenvalue weighted by Crippen LogP contribution is 2.01. The first kappa shape index (κ1) is 11.1. The van der Waals surface area contributed by atoms with Crippen molar-refractivity contribution in [3.63, 3.8) is 0 Å². The van der Waals surface area contributed by atoms with E-state index in [9.17, 15) is 0 Å². The number of aryl methyl sites for hydroxylation is 1. The van der Waals surface area contributed by atoms with Crippen LogP contribution in [0.25, 0.3) is 0 Å². The predicted molar refractivity (Wildman–Crippen MR) is 58.8 cm³/mol. The van der Waals surface area contributed by atoms with E-state index in [4.69, 9.17) is 10.00 Å². The summed E-state index contributed by atoms with van der Waals surface area (Å²) in [5.41, 5.74) is 0. The number of imidazole rings is 1. The molecule has 2 rings (SSSR count). The summed E-state index contributed by atoms with van der Waals surface area (Å²) in [4.78, 5) is 6.36. The first-order chi connectivity index (χ1) is 7.90. The van der Waals surface area contributed by atoms with Crippen molar-refractivity contribution >= 4 is 0 Å². The van der Waals surface area contributed by atoms with E-state index < -0.39 is 0 Å². The molecule has 0 spiro atoms. The van der Waals surface area contributed by atoms with Crippen LogP contribution in [0.3, 0.4) is 0 Å². The molecular weight excluding hydrogens is 204 g/mol. The van der Waals surface area contributed by atoms with Gasteiger partial charge in [0, 0.05) is 38.6 Å². The normalized spacial score (nSPS) is 17.2. The van der Waals surface area contributed by atoms with Gasteiger partial charge in [-0.2, -0.15) is 5.26 Å². The first-order valence-electron chi connectivity index (χ1n) is 5.61. The lowest BCUT2D eigenvalue weighted by Crippen LogP contribution is -2.37. The second-order valence-electron chi connectivity index (χ2n) is 3.86. The molecule has 1 saturated heterocycles. The molecule has 5 heteroatoms. The van der Waals surface area contributed by atoms with Crippen LogP contribution in [0.2, 0.25) is 0 Å². The number of hydrogen-bond donors (Lipinski definition) is 0. The zero-order chi connectivity index (χ0) is 11.2. The molecule has 1 fully saturated rings. The van der Waals surface area contributed by atoms with Gasteiger partial charge >= 0.3 is 0 Å². The van der Waals surface area contributed by atoms with Crippen molar-refractivity contribution in [1.29, 1.82) is 5.26 Å². The minimum atomic E-state index is 0.502. The van der Waals surface area contributed by atoms with E-state index >= 15 is 0 Å². The fourth-order valence-corrected chi connectivity index (χ4v) is 1.89. The molecule has 1 aliphatic heterocycles. The Bertz CT molecular complexity index is 362. The molecule has 0 aliphatic carbocycles. The van der Waals surface area contributed by atoms with E-state index in [2.05, 4.69) is 16.0 Å². The highest BCUT2D eigenvalue weighted by Gasteiger charge is 2.09. The van der Waals surface area contributed by atoms with E-state index in [0.29, 0.717) is 5.82 Å². The zero-order valence-corrected chi connectivity index (χ0v) is 9.30. The lowest BCUT2D eigenvalue weighted by molar-refractivity contribution is 0.0369. The van der Waals surface area contributed by atoms with Gasteiger partial charge in [-0.1, -0.05) is 0 Å². The number of nitrogens with zero attached hydrogens (tertiary/aromatic N) is 4. The molecule has 1 aromatic heterocycles. The summed E-state index contributed by atoms with van der Waals surface area (Å²) in [6.45, 7) is 5.65. The molecule has 1 aromatic rings. The maximum Gasteiger partial charge on any atom is 0.212 e. The van der Waals surface area contributed by atoms with Crippen LogP contribution < -0.4 is 0 Å². The minimum Gasteiger partial charge on any atom is -0.379 e. The lowest BCUT2D eigenvalue weighted by Gasteiger charge is -2.26. The van der Waals surface area contributed by atoms with Gasteiger partial charge in [0.25, 0.3) is 0 Å². The third kappa shape index (κ3) is 2.81. The van der Waals surface area contributed by atoms with E-state index in [1.54, 1.807) is 6.20 Å². The van der Waals surface area contributed by atoms with Gasteiger partial charge in [0.15, 0.2) is 0 Å². The fraction of sp³-hybridized carbons (Fsp3) is 0.636. The third-order valence-electron chi connectivity index (χ3n) is 2.79. The molecule has 0 radical (unpaired) electrons. The van der Waals surface area contributed by atoms with E-state index in [1.165, 1.54) is 0 Å². The van der Waals surface area contributed by atoms with Crippen molar-refractivity contribution < 1.29 is 4.74 Å². The summed E-state index contributed by atoms with van der Waals surface area (Å²) < 4.78 is 7.19. The van der Waals surface area contributed by atoms with Crippen molar-refractivity contribution in [2.75, 3.05) is 32.8 Å². The largest absolute Gasteiger partial charge is 0.379 e. The van der Waals surface area contributed by atoms with Crippen LogP contribution in [-0.4, -0.2) is 47.3 Å². The first-order valence-corrected chi connectivity index (χ1v) is 5.61. The van der Waals surface area contributed by atoms with Crippen LogP contribution >= 0.6 is 0 Å². The topological polar surface area (TPSA) is 54.1 Å². The number of rotatable bonds is 4. The number of nitriles is 1. The Labute approximate surface area is 95.2 Å². The smallest absolute Gasteiger partial charge is 0.212 e. The number of morpholine rings is 1. The minimum absolute atomic E-state index is 0.502. The highest BCUT2D eigenvalue weighted by molar-refractivity contribution is 5.10. The number of ether oxygens (including phenoxy) is 1. The van der Waals surface area contributed by atoms with Crippen molar-refractivity contribution in [2.45, 2.75) is 13.0 Å². The Hall–Kier alpha value is -1.38. The molecule has 5 nitrogen and oxygen atoms in total. The molecule has 0 unspecified atom stereocenters. The maximum atomic E-state index is 8.80. The van der Waals surface area contributed by atoms with Gasteiger partial charge in [0.1, 0.15) is 6.07 Å². The molecule has 0 amide bonds. The van der Waals surface area contributed by atoms with Crippen LogP contribution in [0.15, 0.2) is 12.4 Å². The molecule has 0 bridgehead atoms. The Morgan fingerprint density at radius 2 is 2.19 bits per heavy atom. The third-order valence-corrected chi connectivity index (χ3v) is 2.79. The Morgan fingerprint density at radius 1 is 1.38 bits per heavy atom. The monoisotopic (exact) mass is 220 g/mol. The van der Waals surface area contributed by atoms with Crippen molar-refractivity contribution in [3.8, 4) is 6.07 Å². The van der Waals surface area contributed by atoms with Crippen molar-refractivity contribution in [3.05, 3.63) is 18.2 Å². The fourth-order valence-electron chi connectivity index (χ4n) is 1.89. The lowest BCUT2D eigenvalue weighted by atomic mass is 10.3. The van der Waals surface area contributed by atoms with Crippen molar-refractivity contribution in [2.24, 2.45) is 0 Å². The molecule has 0 saturated carbocycles. The summed E-state index contributed by atoms with van der Waals surface area (Å²) >= 11 is 0. The van der Waals surface area contributed by atoms with Crippen LogP contribution in [0.4, 0.5) is 0 Å². The molecule has 0 N–H and O–H groups in total. The van der Waals surface area contributed by atoms with Gasteiger partial charge < -0.3 is 9.30 Å². The van der Waals surface area contributed by atoms with Gasteiger partial charge in [-0.25, -0.2) is 4.98 Å². The number of hydrogen-bond acceptors (Lipinski definition) is 4. The summed E-state index contributed by atoms with van der Waals surface area (Å²) in [5.74, 6) is 0.502. The Morgan fingerprint density at radius 3 is 2.94 bits per heavy atom. The average Bonchev–Trinajstić information content (AvgIpc) is 2.78. The highest BCUT2D eigenvalue weighted by atomic mass is 16.5. The van der Waals surface area contributed by atoms with Crippen LogP contribution in [-0.2, 0) is 11.3 Å². The van der Waals surface area contributed by atoms with Gasteiger partial charge in [-0.3, -0.25) is 4.90 Å². The Balaban J connectivity index is 1.73. The summed E-state index contributed by atoms with van der Waals surface area (Å²) in [6, 6.07) is 2.08. The van der Waals surface area contributed by atoms with Crippen LogP contribution in [0, 0.1) is 11.3 Å². The molecule has 1 aliphatic rings. The summed E-state index contributed by atoms with van der Waals surface area (Å²) in [6.07, 6.45) is 4.58. The Kier molecular flexibility index (Phi) is 3.91. The standard InChI is InChI=1S/C11H16N4O/c12-10-11-13-2-5-15(11)4-1-3-14-6-8-16-9-7-14/h2,5H,1,3-4,6-9H2. The van der Waals surface area contributed by atoms with E-state index in [0.717, 1.165) is 45.8 Å². The average molecular weight is 220 g/mol. The quantitative estimate of drug-likeness (QED) is 0.740. The second kappa shape index (κ2) is 5.64. The van der Waals surface area contributed by atoms with Gasteiger partial charge in [-0.05, 0) is 6.42 Å². The molecule has 2 heterocycles. The van der Waals surface area contributed by atoms with E-state index in [1.807, 2.05) is 10.8 Å². The van der Waals surface area contributed by atoms with E-state index in [-0.39, 0.29) is 0 Å². The predicted octanol–water partition coefficient (Wildman–Crippen LogP) is 0.477. The molecule has 0 atom stereocenters. The number of aromatic nitrogens is 2. The summed E-state index contributed by atoms with van der Waals surface area (Å²) in [5, 5.41) is 8.80. The SMILES string of the molecule is N#Cc1nccn1CCCN1CCOCC1. The molecule has 86 valence electrons. The van der Waals surface area contributed by atoms with Crippen LogP contribution in [0.5, 0.6) is 0 Å². The summed E-state index contributed by atoms with van der Waals surface area (Å²) in [7, 11) is 0. The van der Waals surface area contributed by atoms with Gasteiger partial charge in [-0.15, -0.1) is 0 Å². The molecule has 16 heavy (non-hydrogen) atoms. The zero-order valence-electron chi connectivity index (χ0n) is 9.30. The molecule has 0 aromatic carbocycles. The maximum absolute atomic E-state index is 8.80. The van der Waals surface area contributed by atoms with Gasteiger partial charge in [0.2, 0.25) is 5.82 Å². The van der Waals surface area contributed by atoms with Crippen LogP contribution in [0.1, 0.15) is 12.2 Å². The molecular formula is C11H16N4O.